The number of hydrogen-bond acceptors (Lipinski definition) is 0. The predicted octanol–water partition coefficient (Wildman–Crippen LogP) is 15.1. The molecule has 0 nitrogen and oxygen atoms in total. The van der Waals surface area contributed by atoms with Gasteiger partial charge in [0.05, 0.1) is 0 Å². The van der Waals surface area contributed by atoms with Crippen molar-refractivity contribution in [2.75, 3.05) is 0 Å². The molecule has 0 radical (unpaired) electrons. The molecule has 1 aliphatic rings. The lowest BCUT2D eigenvalue weighted by Gasteiger charge is -2.20. The highest BCUT2D eigenvalue weighted by molar-refractivity contribution is 6.25. The van der Waals surface area contributed by atoms with Crippen LogP contribution in [0.15, 0.2) is 188 Å². The Morgan fingerprint density at radius 1 is 0.315 bits per heavy atom. The van der Waals surface area contributed by atoms with Crippen LogP contribution in [0.4, 0.5) is 0 Å². The molecule has 0 fully saturated rings. The summed E-state index contributed by atoms with van der Waals surface area (Å²) >= 11 is 0. The number of hydrogen-bond donors (Lipinski definition) is 0. The third-order valence-corrected chi connectivity index (χ3v) is 11.7. The monoisotopic (exact) mass is 684 g/mol. The molecule has 11 rings (SSSR count). The Morgan fingerprint density at radius 3 is 1.52 bits per heavy atom. The van der Waals surface area contributed by atoms with Crippen LogP contribution in [0.5, 0.6) is 0 Å². The van der Waals surface area contributed by atoms with Gasteiger partial charge in [-0.05, 0) is 141 Å². The fraction of sp³-hybridized carbons (Fsp3) is 0.0370. The number of rotatable bonds is 4. The summed E-state index contributed by atoms with van der Waals surface area (Å²) < 4.78 is 0. The van der Waals surface area contributed by atoms with E-state index in [4.69, 9.17) is 0 Å². The van der Waals surface area contributed by atoms with E-state index in [1.807, 2.05) is 0 Å². The Kier molecular flexibility index (Phi) is 7.10. The molecule has 0 aromatic heterocycles. The summed E-state index contributed by atoms with van der Waals surface area (Å²) in [6.07, 6.45) is 6.85. The second-order valence-corrected chi connectivity index (χ2v) is 14.7. The summed E-state index contributed by atoms with van der Waals surface area (Å²) in [5, 5.41) is 12.6. The van der Waals surface area contributed by atoms with Crippen molar-refractivity contribution in [3.8, 4) is 44.5 Å². The molecule has 0 saturated heterocycles. The van der Waals surface area contributed by atoms with E-state index in [0.717, 1.165) is 12.8 Å². The lowest BCUT2D eigenvalue weighted by Crippen LogP contribution is -1.96. The molecule has 0 atom stereocenters. The second-order valence-electron chi connectivity index (χ2n) is 14.7. The highest BCUT2D eigenvalue weighted by atomic mass is 14.2. The van der Waals surface area contributed by atoms with Crippen LogP contribution >= 0.6 is 0 Å². The Labute approximate surface area is 315 Å². The molecule has 252 valence electrons. The maximum absolute atomic E-state index is 2.45. The van der Waals surface area contributed by atoms with Crippen molar-refractivity contribution in [3.05, 3.63) is 199 Å². The molecule has 0 amide bonds. The largest absolute Gasteiger partial charge is 0.0836 e. The van der Waals surface area contributed by atoms with Gasteiger partial charge in [-0.3, -0.25) is 0 Å². The van der Waals surface area contributed by atoms with E-state index >= 15 is 0 Å². The van der Waals surface area contributed by atoms with E-state index in [9.17, 15) is 0 Å². The zero-order chi connectivity index (χ0) is 35.6. The molecule has 0 heterocycles. The summed E-state index contributed by atoms with van der Waals surface area (Å²) in [4.78, 5) is 0. The molecule has 0 heteroatoms. The third-order valence-electron chi connectivity index (χ3n) is 11.7. The number of benzene rings is 10. The van der Waals surface area contributed by atoms with Crippen LogP contribution in [0.25, 0.3) is 104 Å². The van der Waals surface area contributed by atoms with Gasteiger partial charge in [0, 0.05) is 0 Å². The van der Waals surface area contributed by atoms with Gasteiger partial charge >= 0.3 is 0 Å². The van der Waals surface area contributed by atoms with Gasteiger partial charge in [-0.1, -0.05) is 176 Å². The molecular weight excluding hydrogens is 649 g/mol. The smallest absolute Gasteiger partial charge is 0.00199 e. The fourth-order valence-corrected chi connectivity index (χ4v) is 9.14. The summed E-state index contributed by atoms with van der Waals surface area (Å²) in [7, 11) is 0. The standard InChI is InChI=1S/C54H36/c1-4-18-43-35(12-1)15-9-23-46(43)42-29-28-38-32-39(26-27-40(38)33-42)41-30-31-51-52(34-41)54(48-25-11-17-37-14-3-6-20-45(37)48)50-22-8-7-21-49(50)53(51)47-24-10-16-36-13-2-5-19-44(36)47/h2-11,13-34H,1,12H2. The van der Waals surface area contributed by atoms with Crippen molar-refractivity contribution >= 4 is 59.9 Å². The summed E-state index contributed by atoms with van der Waals surface area (Å²) in [5.41, 5.74) is 13.0. The molecule has 0 bridgehead atoms. The van der Waals surface area contributed by atoms with Crippen LogP contribution in [-0.2, 0) is 6.42 Å². The minimum Gasteiger partial charge on any atom is -0.0836 e. The SMILES string of the molecule is C1=Cc2c(cccc2-c2ccc3cc(-c4ccc5c(-c6cccc7ccccc67)c6ccccc6c(-c6cccc7ccccc67)c5c4)ccc3c2)CC1. The van der Waals surface area contributed by atoms with E-state index in [1.165, 1.54) is 109 Å². The van der Waals surface area contributed by atoms with Gasteiger partial charge in [0.2, 0.25) is 0 Å². The Bertz CT molecular complexity index is 3150. The van der Waals surface area contributed by atoms with Crippen molar-refractivity contribution in [2.45, 2.75) is 12.8 Å². The van der Waals surface area contributed by atoms with Gasteiger partial charge in [0.1, 0.15) is 0 Å². The minimum atomic E-state index is 1.11. The van der Waals surface area contributed by atoms with Crippen molar-refractivity contribution < 1.29 is 0 Å². The van der Waals surface area contributed by atoms with E-state index < -0.39 is 0 Å². The lowest BCUT2D eigenvalue weighted by atomic mass is 9.83. The third kappa shape index (κ3) is 4.91. The zero-order valence-electron chi connectivity index (χ0n) is 29.9. The van der Waals surface area contributed by atoms with Crippen LogP contribution in [0, 0.1) is 0 Å². The van der Waals surface area contributed by atoms with Gasteiger partial charge in [-0.25, -0.2) is 0 Å². The van der Waals surface area contributed by atoms with Crippen molar-refractivity contribution in [2.24, 2.45) is 0 Å². The van der Waals surface area contributed by atoms with Gasteiger partial charge < -0.3 is 0 Å². The summed E-state index contributed by atoms with van der Waals surface area (Å²) in [6, 6.07) is 67.9. The first-order chi connectivity index (χ1) is 26.8. The summed E-state index contributed by atoms with van der Waals surface area (Å²) in [6.45, 7) is 0. The first-order valence-electron chi connectivity index (χ1n) is 19.1. The Balaban J connectivity index is 1.15. The van der Waals surface area contributed by atoms with E-state index in [1.54, 1.807) is 0 Å². The molecule has 54 heavy (non-hydrogen) atoms. The summed E-state index contributed by atoms with van der Waals surface area (Å²) in [5.74, 6) is 0. The molecule has 0 saturated carbocycles. The number of fused-ring (bicyclic) bond motifs is 6. The van der Waals surface area contributed by atoms with E-state index in [2.05, 4.69) is 194 Å². The predicted molar refractivity (Wildman–Crippen MR) is 233 cm³/mol. The van der Waals surface area contributed by atoms with Crippen LogP contribution in [-0.4, -0.2) is 0 Å². The van der Waals surface area contributed by atoms with Crippen LogP contribution in [0.2, 0.25) is 0 Å². The maximum atomic E-state index is 2.45. The molecule has 0 unspecified atom stereocenters. The Morgan fingerprint density at radius 2 is 0.815 bits per heavy atom. The second kappa shape index (κ2) is 12.4. The average Bonchev–Trinajstić information content (AvgIpc) is 3.24. The minimum absolute atomic E-state index is 1.11. The van der Waals surface area contributed by atoms with Crippen LogP contribution in [0.1, 0.15) is 17.5 Å². The van der Waals surface area contributed by atoms with Gasteiger partial charge in [0.15, 0.2) is 0 Å². The van der Waals surface area contributed by atoms with Crippen LogP contribution < -0.4 is 0 Å². The van der Waals surface area contributed by atoms with E-state index in [0.29, 0.717) is 0 Å². The fourth-order valence-electron chi connectivity index (χ4n) is 9.14. The molecule has 10 aromatic rings. The molecular formula is C54H36. The molecule has 1 aliphatic carbocycles. The molecule has 10 aromatic carbocycles. The number of allylic oxidation sites excluding steroid dienone is 1. The first-order valence-corrected chi connectivity index (χ1v) is 19.1. The highest BCUT2D eigenvalue weighted by Crippen LogP contribution is 2.47. The van der Waals surface area contributed by atoms with Gasteiger partial charge in [-0.15, -0.1) is 0 Å². The molecule has 0 aliphatic heterocycles. The quantitative estimate of drug-likeness (QED) is 0.162. The first kappa shape index (κ1) is 30.8. The molecule has 0 spiro atoms. The number of aryl methyl sites for hydroxylation is 1. The maximum Gasteiger partial charge on any atom is -0.00199 e. The van der Waals surface area contributed by atoms with Gasteiger partial charge in [0.25, 0.3) is 0 Å². The Hall–Kier alpha value is -6.76. The topological polar surface area (TPSA) is 0 Å². The zero-order valence-corrected chi connectivity index (χ0v) is 29.9. The van der Waals surface area contributed by atoms with Crippen molar-refractivity contribution in [3.63, 3.8) is 0 Å². The van der Waals surface area contributed by atoms with Crippen molar-refractivity contribution in [1.82, 2.24) is 0 Å². The van der Waals surface area contributed by atoms with E-state index in [-0.39, 0.29) is 0 Å². The lowest BCUT2D eigenvalue weighted by molar-refractivity contribution is 0.986. The average molecular weight is 685 g/mol. The van der Waals surface area contributed by atoms with Crippen LogP contribution in [0.3, 0.4) is 0 Å². The van der Waals surface area contributed by atoms with Crippen molar-refractivity contribution in [1.29, 1.82) is 0 Å². The molecule has 0 N–H and O–H groups in total. The highest BCUT2D eigenvalue weighted by Gasteiger charge is 2.20. The normalized spacial score (nSPS) is 12.6. The van der Waals surface area contributed by atoms with Gasteiger partial charge in [-0.2, -0.15) is 0 Å².